The largest absolute Gasteiger partial charge is 0.481 e. The van der Waals surface area contributed by atoms with Gasteiger partial charge in [-0.1, -0.05) is 19.4 Å². The van der Waals surface area contributed by atoms with Crippen LogP contribution in [0, 0.1) is 11.3 Å². The second-order valence-electron chi connectivity index (χ2n) is 7.36. The fraction of sp³-hybridized carbons (Fsp3) is 0.556. The minimum atomic E-state index is -3.41. The van der Waals surface area contributed by atoms with Crippen molar-refractivity contribution in [1.29, 1.82) is 0 Å². The van der Waals surface area contributed by atoms with Gasteiger partial charge in [0.2, 0.25) is 10.0 Å². The second-order valence-corrected chi connectivity index (χ2v) is 9.20. The molecule has 1 aromatic carbocycles. The van der Waals surface area contributed by atoms with Crippen molar-refractivity contribution in [1.82, 2.24) is 4.90 Å². The van der Waals surface area contributed by atoms with Crippen LogP contribution in [0.4, 0.5) is 16.2 Å². The summed E-state index contributed by atoms with van der Waals surface area (Å²) in [6, 6.07) is 6.12. The number of anilines is 2. The molecule has 2 atom stereocenters. The normalized spacial score (nSPS) is 24.5. The smallest absolute Gasteiger partial charge is 0.321 e. The Morgan fingerprint density at radius 3 is 2.74 bits per heavy atom. The highest BCUT2D eigenvalue weighted by Crippen LogP contribution is 2.48. The Balaban J connectivity index is 1.67. The summed E-state index contributed by atoms with van der Waals surface area (Å²) >= 11 is 0. The van der Waals surface area contributed by atoms with Crippen molar-refractivity contribution in [3.8, 4) is 0 Å². The molecule has 0 unspecified atom stereocenters. The van der Waals surface area contributed by atoms with E-state index >= 15 is 0 Å². The number of aliphatic carboxylic acids is 1. The Morgan fingerprint density at radius 2 is 2.07 bits per heavy atom. The standard InChI is InChI=1S/C18H25N3O5S/c1-2-9-27(25,26)20-15-7-3-6-14(10-15)19-17(24)21-11-13-5-4-8-18(13,12-21)16(22)23/h3,6-7,10,13,20H,2,4-5,8-9,11-12H2,1H3,(H,19,24)(H,22,23)/t13-,18+/m0/s1. The summed E-state index contributed by atoms with van der Waals surface area (Å²) in [6.07, 6.45) is 2.82. The van der Waals surface area contributed by atoms with Crippen LogP contribution in [0.3, 0.4) is 0 Å². The van der Waals surface area contributed by atoms with E-state index in [2.05, 4.69) is 10.0 Å². The molecule has 1 aliphatic heterocycles. The molecule has 148 valence electrons. The van der Waals surface area contributed by atoms with E-state index in [0.29, 0.717) is 30.8 Å². The van der Waals surface area contributed by atoms with Crippen molar-refractivity contribution in [2.75, 3.05) is 28.9 Å². The number of likely N-dealkylation sites (tertiary alicyclic amines) is 1. The van der Waals surface area contributed by atoms with Gasteiger partial charge < -0.3 is 15.3 Å². The van der Waals surface area contributed by atoms with Crippen LogP contribution in [-0.4, -0.2) is 49.3 Å². The fourth-order valence-electron chi connectivity index (χ4n) is 4.16. The average Bonchev–Trinajstić information content (AvgIpc) is 3.12. The van der Waals surface area contributed by atoms with Crippen LogP contribution >= 0.6 is 0 Å². The number of amides is 2. The zero-order valence-corrected chi connectivity index (χ0v) is 16.1. The van der Waals surface area contributed by atoms with Gasteiger partial charge in [0.1, 0.15) is 0 Å². The molecule has 3 rings (SSSR count). The molecule has 0 aromatic heterocycles. The number of sulfonamides is 1. The summed E-state index contributed by atoms with van der Waals surface area (Å²) in [5.74, 6) is -0.809. The molecule has 2 amide bonds. The number of carboxylic acid groups (broad SMARTS) is 1. The highest BCUT2D eigenvalue weighted by molar-refractivity contribution is 7.92. The van der Waals surface area contributed by atoms with Gasteiger partial charge in [-0.25, -0.2) is 13.2 Å². The topological polar surface area (TPSA) is 116 Å². The molecule has 2 aliphatic rings. The van der Waals surface area contributed by atoms with Crippen LogP contribution in [0.1, 0.15) is 32.6 Å². The van der Waals surface area contributed by atoms with Crippen LogP contribution in [0.5, 0.6) is 0 Å². The van der Waals surface area contributed by atoms with Crippen LogP contribution in [0.25, 0.3) is 0 Å². The van der Waals surface area contributed by atoms with E-state index in [9.17, 15) is 23.1 Å². The number of nitrogens with one attached hydrogen (secondary N) is 2. The third-order valence-electron chi connectivity index (χ3n) is 5.44. The van der Waals surface area contributed by atoms with Crippen LogP contribution < -0.4 is 10.0 Å². The molecule has 1 aromatic rings. The molecular formula is C18H25N3O5S. The number of carboxylic acids is 1. The zero-order valence-electron chi connectivity index (χ0n) is 15.3. The summed E-state index contributed by atoms with van der Waals surface area (Å²) in [4.78, 5) is 25.9. The molecule has 0 spiro atoms. The summed E-state index contributed by atoms with van der Waals surface area (Å²) in [5, 5.41) is 12.4. The Morgan fingerprint density at radius 1 is 1.33 bits per heavy atom. The average molecular weight is 395 g/mol. The van der Waals surface area contributed by atoms with E-state index in [4.69, 9.17) is 0 Å². The monoisotopic (exact) mass is 395 g/mol. The number of benzene rings is 1. The predicted octanol–water partition coefficient (Wildman–Crippen LogP) is 2.56. The van der Waals surface area contributed by atoms with Gasteiger partial charge in [0.15, 0.2) is 0 Å². The number of hydrogen-bond donors (Lipinski definition) is 3. The summed E-state index contributed by atoms with van der Waals surface area (Å²) in [5.41, 5.74) is 0.00861. The summed E-state index contributed by atoms with van der Waals surface area (Å²) in [6.45, 7) is 2.42. The van der Waals surface area contributed by atoms with Crippen molar-refractivity contribution >= 4 is 33.4 Å². The SMILES string of the molecule is CCCS(=O)(=O)Nc1cccc(NC(=O)N2C[C@@H]3CCC[C@@]3(C(=O)O)C2)c1. The molecule has 0 radical (unpaired) electrons. The molecule has 1 aliphatic carbocycles. The fourth-order valence-corrected chi connectivity index (χ4v) is 5.28. The minimum absolute atomic E-state index is 0.00654. The van der Waals surface area contributed by atoms with E-state index in [-0.39, 0.29) is 24.2 Å². The Bertz CT molecular complexity index is 841. The van der Waals surface area contributed by atoms with Gasteiger partial charge in [-0.15, -0.1) is 0 Å². The maximum atomic E-state index is 12.6. The van der Waals surface area contributed by atoms with Gasteiger partial charge in [-0.2, -0.15) is 0 Å². The Hall–Kier alpha value is -2.29. The van der Waals surface area contributed by atoms with Gasteiger partial charge in [0, 0.05) is 18.8 Å². The molecule has 0 bridgehead atoms. The van der Waals surface area contributed by atoms with Gasteiger partial charge >= 0.3 is 12.0 Å². The third kappa shape index (κ3) is 4.02. The lowest BCUT2D eigenvalue weighted by Crippen LogP contribution is -2.38. The van der Waals surface area contributed by atoms with E-state index < -0.39 is 21.4 Å². The second kappa shape index (κ2) is 7.38. The number of carbonyl (C=O) groups is 2. The first-order valence-corrected chi connectivity index (χ1v) is 10.8. The number of carbonyl (C=O) groups excluding carboxylic acids is 1. The zero-order chi connectivity index (χ0) is 19.7. The van der Waals surface area contributed by atoms with Gasteiger partial charge in [-0.05, 0) is 43.4 Å². The van der Waals surface area contributed by atoms with E-state index in [1.54, 1.807) is 36.1 Å². The van der Waals surface area contributed by atoms with Crippen molar-refractivity contribution in [3.63, 3.8) is 0 Å². The highest BCUT2D eigenvalue weighted by Gasteiger charge is 2.55. The predicted molar refractivity (Wildman–Crippen MR) is 102 cm³/mol. The van der Waals surface area contributed by atoms with Gasteiger partial charge in [-0.3, -0.25) is 9.52 Å². The first-order chi connectivity index (χ1) is 12.8. The molecule has 1 saturated heterocycles. The number of nitrogens with zero attached hydrogens (tertiary/aromatic N) is 1. The highest BCUT2D eigenvalue weighted by atomic mass is 32.2. The van der Waals surface area contributed by atoms with E-state index in [1.807, 2.05) is 0 Å². The number of fused-ring (bicyclic) bond motifs is 1. The Labute approximate surface area is 159 Å². The number of urea groups is 1. The molecule has 3 N–H and O–H groups in total. The molecule has 1 heterocycles. The van der Waals surface area contributed by atoms with Crippen LogP contribution in [0.15, 0.2) is 24.3 Å². The third-order valence-corrected chi connectivity index (χ3v) is 6.94. The first-order valence-electron chi connectivity index (χ1n) is 9.15. The van der Waals surface area contributed by atoms with E-state index in [0.717, 1.165) is 12.8 Å². The van der Waals surface area contributed by atoms with E-state index in [1.165, 1.54) is 0 Å². The van der Waals surface area contributed by atoms with Crippen molar-refractivity contribution in [2.24, 2.45) is 11.3 Å². The maximum absolute atomic E-state index is 12.6. The van der Waals surface area contributed by atoms with Gasteiger partial charge in [0.05, 0.1) is 16.9 Å². The molecule has 8 nitrogen and oxygen atoms in total. The first kappa shape index (κ1) is 19.5. The number of hydrogen-bond acceptors (Lipinski definition) is 4. The lowest BCUT2D eigenvalue weighted by atomic mass is 9.81. The lowest BCUT2D eigenvalue weighted by Gasteiger charge is -2.23. The van der Waals surface area contributed by atoms with Crippen molar-refractivity contribution in [3.05, 3.63) is 24.3 Å². The molecular weight excluding hydrogens is 370 g/mol. The van der Waals surface area contributed by atoms with Crippen LogP contribution in [0.2, 0.25) is 0 Å². The quantitative estimate of drug-likeness (QED) is 0.685. The molecule has 1 saturated carbocycles. The summed E-state index contributed by atoms with van der Waals surface area (Å²) in [7, 11) is -3.41. The van der Waals surface area contributed by atoms with Gasteiger partial charge in [0.25, 0.3) is 0 Å². The Kier molecular flexibility index (Phi) is 5.32. The molecule has 9 heteroatoms. The van der Waals surface area contributed by atoms with Crippen molar-refractivity contribution in [2.45, 2.75) is 32.6 Å². The van der Waals surface area contributed by atoms with Crippen molar-refractivity contribution < 1.29 is 23.1 Å². The van der Waals surface area contributed by atoms with Crippen LogP contribution in [-0.2, 0) is 14.8 Å². The maximum Gasteiger partial charge on any atom is 0.321 e. The molecule has 2 fully saturated rings. The molecule has 27 heavy (non-hydrogen) atoms. The summed E-state index contributed by atoms with van der Waals surface area (Å²) < 4.78 is 26.3. The lowest BCUT2D eigenvalue weighted by molar-refractivity contribution is -0.149. The minimum Gasteiger partial charge on any atom is -0.481 e. The number of rotatable bonds is 6.